The van der Waals surface area contributed by atoms with Crippen molar-refractivity contribution >= 4 is 28.3 Å². The maximum absolute atomic E-state index is 13.2. The molecule has 0 aliphatic rings. The molecule has 0 fully saturated rings. The van der Waals surface area contributed by atoms with Crippen molar-refractivity contribution in [3.8, 4) is 0 Å². The van der Waals surface area contributed by atoms with Crippen molar-refractivity contribution in [1.82, 2.24) is 29.5 Å². The van der Waals surface area contributed by atoms with Gasteiger partial charge in [0.25, 0.3) is 0 Å². The van der Waals surface area contributed by atoms with Crippen LogP contribution < -0.4 is 5.32 Å². The van der Waals surface area contributed by atoms with E-state index in [1.165, 1.54) is 18.5 Å². The molecule has 1 amide bonds. The van der Waals surface area contributed by atoms with Gasteiger partial charge in [0.15, 0.2) is 11.5 Å². The Morgan fingerprint density at radius 2 is 1.97 bits per heavy atom. The SMILES string of the molecule is CC(CO)n1cc(C(=O)c2cncc(NC(=O)Cn3cc(C(F)(F)F)nn3)c2)c2cnccc21. The quantitative estimate of drug-likeness (QED) is 0.395. The Balaban J connectivity index is 1.54. The van der Waals surface area contributed by atoms with Crippen molar-refractivity contribution in [3.05, 3.63) is 66.1 Å². The van der Waals surface area contributed by atoms with Crippen LogP contribution in [0.5, 0.6) is 0 Å². The number of amides is 1. The molecule has 0 saturated carbocycles. The first kappa shape index (κ1) is 23.0. The molecule has 1 unspecified atom stereocenters. The van der Waals surface area contributed by atoms with E-state index in [4.69, 9.17) is 0 Å². The standard InChI is InChI=1S/C21H18F3N7O3/c1-12(11-32)31-8-16(15-7-25-3-2-17(15)31)20(34)13-4-14(6-26-5-13)27-19(33)10-30-9-18(28-29-30)21(22,23)24/h2-9,12,32H,10-11H2,1H3,(H,27,33). The number of anilines is 1. The molecule has 0 bridgehead atoms. The lowest BCUT2D eigenvalue weighted by atomic mass is 10.1. The van der Waals surface area contributed by atoms with Gasteiger partial charge in [-0.2, -0.15) is 13.2 Å². The van der Waals surface area contributed by atoms with Crippen molar-refractivity contribution in [1.29, 1.82) is 0 Å². The molecule has 0 spiro atoms. The van der Waals surface area contributed by atoms with Crippen molar-refractivity contribution in [2.45, 2.75) is 25.7 Å². The van der Waals surface area contributed by atoms with E-state index in [1.54, 1.807) is 36.1 Å². The van der Waals surface area contributed by atoms with Gasteiger partial charge in [0, 0.05) is 41.3 Å². The maximum Gasteiger partial charge on any atom is 0.436 e. The summed E-state index contributed by atoms with van der Waals surface area (Å²) in [5.74, 6) is -1.06. The Labute approximate surface area is 190 Å². The topological polar surface area (TPSA) is 128 Å². The van der Waals surface area contributed by atoms with Crippen LogP contribution in [0.25, 0.3) is 10.9 Å². The highest BCUT2D eigenvalue weighted by atomic mass is 19.4. The zero-order chi connectivity index (χ0) is 24.5. The second kappa shape index (κ2) is 9.02. The molecule has 4 aromatic heterocycles. The molecule has 34 heavy (non-hydrogen) atoms. The van der Waals surface area contributed by atoms with E-state index in [0.29, 0.717) is 17.1 Å². The molecule has 0 saturated heterocycles. The number of aliphatic hydroxyl groups excluding tert-OH is 1. The number of aromatic nitrogens is 6. The Morgan fingerprint density at radius 1 is 1.18 bits per heavy atom. The summed E-state index contributed by atoms with van der Waals surface area (Å²) in [6.07, 6.45) is 3.35. The van der Waals surface area contributed by atoms with Gasteiger partial charge in [-0.3, -0.25) is 19.6 Å². The van der Waals surface area contributed by atoms with Gasteiger partial charge < -0.3 is 15.0 Å². The normalized spacial score (nSPS) is 12.6. The van der Waals surface area contributed by atoms with Crippen LogP contribution in [0.15, 0.2) is 49.3 Å². The summed E-state index contributed by atoms with van der Waals surface area (Å²) >= 11 is 0. The monoisotopic (exact) mass is 473 g/mol. The number of hydrogen-bond donors (Lipinski definition) is 2. The Kier molecular flexibility index (Phi) is 6.11. The van der Waals surface area contributed by atoms with Crippen LogP contribution in [-0.2, 0) is 17.5 Å². The number of halogens is 3. The maximum atomic E-state index is 13.2. The smallest absolute Gasteiger partial charge is 0.394 e. The van der Waals surface area contributed by atoms with Gasteiger partial charge in [-0.15, -0.1) is 5.10 Å². The van der Waals surface area contributed by atoms with Crippen molar-refractivity contribution < 1.29 is 27.9 Å². The molecule has 4 aromatic rings. The molecule has 0 aromatic carbocycles. The fourth-order valence-electron chi connectivity index (χ4n) is 3.37. The minimum Gasteiger partial charge on any atom is -0.394 e. The highest BCUT2D eigenvalue weighted by Gasteiger charge is 2.34. The second-order valence-corrected chi connectivity index (χ2v) is 7.51. The zero-order valence-corrected chi connectivity index (χ0v) is 17.7. The summed E-state index contributed by atoms with van der Waals surface area (Å²) in [5.41, 5.74) is 0.216. The van der Waals surface area contributed by atoms with Crippen molar-refractivity contribution in [2.24, 2.45) is 0 Å². The van der Waals surface area contributed by atoms with Crippen LogP contribution >= 0.6 is 0 Å². The summed E-state index contributed by atoms with van der Waals surface area (Å²) in [6, 6.07) is 2.87. The second-order valence-electron chi connectivity index (χ2n) is 7.51. The lowest BCUT2D eigenvalue weighted by Gasteiger charge is -2.11. The van der Waals surface area contributed by atoms with Gasteiger partial charge in [-0.1, -0.05) is 5.21 Å². The first-order chi connectivity index (χ1) is 16.2. The van der Waals surface area contributed by atoms with Crippen LogP contribution in [0, 0.1) is 0 Å². The molecule has 1 atom stereocenters. The molecular formula is C21H18F3N7O3. The van der Waals surface area contributed by atoms with E-state index in [0.717, 1.165) is 10.2 Å². The third-order valence-corrected chi connectivity index (χ3v) is 5.04. The Hall–Kier alpha value is -4.13. The van der Waals surface area contributed by atoms with Crippen LogP contribution in [0.4, 0.5) is 18.9 Å². The average molecular weight is 473 g/mol. The molecule has 4 heterocycles. The predicted octanol–water partition coefficient (Wildman–Crippen LogP) is 2.46. The Morgan fingerprint density at radius 3 is 2.68 bits per heavy atom. The first-order valence-electron chi connectivity index (χ1n) is 9.99. The van der Waals surface area contributed by atoms with Gasteiger partial charge >= 0.3 is 6.18 Å². The van der Waals surface area contributed by atoms with Gasteiger partial charge in [0.1, 0.15) is 6.54 Å². The molecule has 13 heteroatoms. The van der Waals surface area contributed by atoms with Crippen molar-refractivity contribution in [3.63, 3.8) is 0 Å². The largest absolute Gasteiger partial charge is 0.436 e. The van der Waals surface area contributed by atoms with Crippen molar-refractivity contribution in [2.75, 3.05) is 11.9 Å². The van der Waals surface area contributed by atoms with E-state index in [2.05, 4.69) is 25.6 Å². The number of nitrogens with one attached hydrogen (secondary N) is 1. The molecule has 4 rings (SSSR count). The van der Waals surface area contributed by atoms with Crippen LogP contribution in [0.3, 0.4) is 0 Å². The minimum absolute atomic E-state index is 0.126. The molecule has 0 aliphatic carbocycles. The number of pyridine rings is 2. The number of aliphatic hydroxyl groups is 1. The Bertz CT molecular complexity index is 1360. The molecule has 0 aliphatic heterocycles. The summed E-state index contributed by atoms with van der Waals surface area (Å²) in [4.78, 5) is 33.5. The molecule has 10 nitrogen and oxygen atoms in total. The fourth-order valence-corrected chi connectivity index (χ4v) is 3.37. The number of ketones is 1. The van der Waals surface area contributed by atoms with E-state index < -0.39 is 24.3 Å². The van der Waals surface area contributed by atoms with E-state index in [-0.39, 0.29) is 29.7 Å². The van der Waals surface area contributed by atoms with Gasteiger partial charge in [0.05, 0.1) is 36.2 Å². The highest BCUT2D eigenvalue weighted by Crippen LogP contribution is 2.27. The lowest BCUT2D eigenvalue weighted by molar-refractivity contribution is -0.141. The molecular weight excluding hydrogens is 455 g/mol. The number of rotatable bonds is 7. The summed E-state index contributed by atoms with van der Waals surface area (Å²) in [7, 11) is 0. The third-order valence-electron chi connectivity index (χ3n) is 5.04. The van der Waals surface area contributed by atoms with E-state index in [9.17, 15) is 27.9 Å². The molecule has 2 N–H and O–H groups in total. The average Bonchev–Trinajstić information content (AvgIpc) is 3.43. The number of carbonyl (C=O) groups is 2. The van der Waals surface area contributed by atoms with Crippen LogP contribution in [0.1, 0.15) is 34.6 Å². The third kappa shape index (κ3) is 4.64. The van der Waals surface area contributed by atoms with E-state index >= 15 is 0 Å². The van der Waals surface area contributed by atoms with Crippen LogP contribution in [0.2, 0.25) is 0 Å². The number of carbonyl (C=O) groups excluding carboxylic acids is 2. The number of hydrogen-bond acceptors (Lipinski definition) is 7. The summed E-state index contributed by atoms with van der Waals surface area (Å²) in [6.45, 7) is 1.16. The zero-order valence-electron chi connectivity index (χ0n) is 17.7. The minimum atomic E-state index is -4.67. The highest BCUT2D eigenvalue weighted by molar-refractivity contribution is 6.16. The number of alkyl halides is 3. The van der Waals surface area contributed by atoms with Gasteiger partial charge in [-0.25, -0.2) is 4.68 Å². The molecule has 176 valence electrons. The number of fused-ring (bicyclic) bond motifs is 1. The summed E-state index contributed by atoms with van der Waals surface area (Å²) in [5, 5.41) is 18.9. The molecule has 0 radical (unpaired) electrons. The van der Waals surface area contributed by atoms with E-state index in [1.807, 2.05) is 0 Å². The fraction of sp³-hybridized carbons (Fsp3) is 0.238. The number of nitrogens with zero attached hydrogens (tertiary/aromatic N) is 6. The summed E-state index contributed by atoms with van der Waals surface area (Å²) < 4.78 is 40.4. The van der Waals surface area contributed by atoms with Gasteiger partial charge in [-0.05, 0) is 19.1 Å². The predicted molar refractivity (Wildman–Crippen MR) is 113 cm³/mol. The van der Waals surface area contributed by atoms with Crippen LogP contribution in [-0.4, -0.2) is 52.9 Å². The van der Waals surface area contributed by atoms with Gasteiger partial charge in [0.2, 0.25) is 5.91 Å². The lowest BCUT2D eigenvalue weighted by Crippen LogP contribution is -2.19. The first-order valence-corrected chi connectivity index (χ1v) is 9.99.